The van der Waals surface area contributed by atoms with E-state index in [0.29, 0.717) is 12.2 Å². The van der Waals surface area contributed by atoms with Crippen LogP contribution in [0.1, 0.15) is 18.9 Å². The zero-order valence-electron chi connectivity index (χ0n) is 12.1. The lowest BCUT2D eigenvalue weighted by atomic mass is 10.2. The number of halogens is 1. The number of para-hydroxylation sites is 1. The minimum absolute atomic E-state index is 0.0128. The summed E-state index contributed by atoms with van der Waals surface area (Å²) in [5, 5.41) is 7.44. The van der Waals surface area contributed by atoms with Crippen LogP contribution in [0.5, 0.6) is 17.4 Å². The summed E-state index contributed by atoms with van der Waals surface area (Å²) in [5.41, 5.74) is 0.863. The average Bonchev–Trinajstić information content (AvgIpc) is 2.43. The molecular weight excluding hydrogens is 328 g/mol. The Kier molecular flexibility index (Phi) is 5.20. The molecule has 1 heterocycles. The number of ether oxygens (including phenoxy) is 1. The van der Waals surface area contributed by atoms with Crippen LogP contribution in [0, 0.1) is 6.92 Å². The van der Waals surface area contributed by atoms with Crippen molar-refractivity contribution in [1.29, 1.82) is 0 Å². The van der Waals surface area contributed by atoms with Crippen LogP contribution >= 0.6 is 11.6 Å². The van der Waals surface area contributed by atoms with Crippen LogP contribution in [0.25, 0.3) is 0 Å². The van der Waals surface area contributed by atoms with Gasteiger partial charge >= 0.3 is 10.1 Å². The van der Waals surface area contributed by atoms with E-state index in [1.165, 1.54) is 6.07 Å². The van der Waals surface area contributed by atoms with E-state index in [-0.39, 0.29) is 22.5 Å². The van der Waals surface area contributed by atoms with Gasteiger partial charge < -0.3 is 8.92 Å². The molecule has 0 saturated heterocycles. The van der Waals surface area contributed by atoms with Gasteiger partial charge in [0.25, 0.3) is 5.88 Å². The largest absolute Gasteiger partial charge is 0.435 e. The molecule has 0 aliphatic rings. The number of hydrogen-bond acceptors (Lipinski definition) is 6. The molecule has 0 bridgehead atoms. The lowest BCUT2D eigenvalue weighted by Crippen LogP contribution is -2.14. The fourth-order valence-corrected chi connectivity index (χ4v) is 2.79. The van der Waals surface area contributed by atoms with Gasteiger partial charge in [-0.05, 0) is 25.0 Å². The summed E-state index contributed by atoms with van der Waals surface area (Å²) in [6.07, 6.45) is 0.433. The quantitative estimate of drug-likeness (QED) is 0.749. The topological polar surface area (TPSA) is 78.4 Å². The van der Waals surface area contributed by atoms with Gasteiger partial charge in [-0.25, -0.2) is 0 Å². The predicted octanol–water partition coefficient (Wildman–Crippen LogP) is 3.35. The highest BCUT2D eigenvalue weighted by Crippen LogP contribution is 2.32. The molecule has 2 rings (SSSR count). The molecule has 0 amide bonds. The molecule has 8 heteroatoms. The van der Waals surface area contributed by atoms with Gasteiger partial charge in [0.2, 0.25) is 5.75 Å². The molecule has 2 aromatic rings. The van der Waals surface area contributed by atoms with Gasteiger partial charge in [-0.1, -0.05) is 36.7 Å². The fourth-order valence-electron chi connectivity index (χ4n) is 1.68. The summed E-state index contributed by atoms with van der Waals surface area (Å²) >= 11 is 5.75. The minimum atomic E-state index is -3.73. The predicted molar refractivity (Wildman–Crippen MR) is 83.0 cm³/mol. The van der Waals surface area contributed by atoms with Crippen LogP contribution < -0.4 is 8.92 Å². The van der Waals surface area contributed by atoms with Gasteiger partial charge in [0.15, 0.2) is 5.15 Å². The van der Waals surface area contributed by atoms with Gasteiger partial charge in [0.1, 0.15) is 5.75 Å². The fraction of sp³-hybridized carbons (Fsp3) is 0.286. The van der Waals surface area contributed by atoms with Crippen LogP contribution in [0.15, 0.2) is 30.3 Å². The maximum absolute atomic E-state index is 11.8. The molecule has 118 valence electrons. The number of aromatic nitrogens is 2. The molecule has 0 saturated carbocycles. The van der Waals surface area contributed by atoms with E-state index in [1.807, 2.05) is 19.1 Å². The van der Waals surface area contributed by atoms with E-state index >= 15 is 0 Å². The molecule has 1 aromatic carbocycles. The Morgan fingerprint density at radius 3 is 2.59 bits per heavy atom. The highest BCUT2D eigenvalue weighted by atomic mass is 35.5. The molecular formula is C14H15ClN2O4S. The van der Waals surface area contributed by atoms with Gasteiger partial charge in [0, 0.05) is 6.07 Å². The van der Waals surface area contributed by atoms with Crippen molar-refractivity contribution in [3.8, 4) is 17.4 Å². The van der Waals surface area contributed by atoms with Crippen LogP contribution in [0.4, 0.5) is 0 Å². The normalized spacial score (nSPS) is 11.2. The maximum atomic E-state index is 11.8. The van der Waals surface area contributed by atoms with Crippen molar-refractivity contribution in [3.63, 3.8) is 0 Å². The Hall–Kier alpha value is -1.86. The molecule has 0 N–H and O–H groups in total. The Bertz CT molecular complexity index is 765. The van der Waals surface area contributed by atoms with Crippen molar-refractivity contribution in [2.24, 2.45) is 0 Å². The summed E-state index contributed by atoms with van der Waals surface area (Å²) < 4.78 is 34.3. The van der Waals surface area contributed by atoms with Crippen LogP contribution in [-0.2, 0) is 10.1 Å². The van der Waals surface area contributed by atoms with Gasteiger partial charge in [-0.3, -0.25) is 0 Å². The first-order valence-corrected chi connectivity index (χ1v) is 8.55. The molecule has 0 aliphatic carbocycles. The third kappa shape index (κ3) is 4.32. The van der Waals surface area contributed by atoms with Crippen molar-refractivity contribution in [2.75, 3.05) is 5.75 Å². The van der Waals surface area contributed by atoms with E-state index in [2.05, 4.69) is 10.2 Å². The van der Waals surface area contributed by atoms with Crippen molar-refractivity contribution in [1.82, 2.24) is 10.2 Å². The zero-order chi connectivity index (χ0) is 16.2. The number of rotatable bonds is 6. The monoisotopic (exact) mass is 342 g/mol. The maximum Gasteiger partial charge on any atom is 0.309 e. The van der Waals surface area contributed by atoms with E-state index in [1.54, 1.807) is 19.1 Å². The summed E-state index contributed by atoms with van der Waals surface area (Å²) in [4.78, 5) is 0. The van der Waals surface area contributed by atoms with Crippen LogP contribution in [-0.4, -0.2) is 24.4 Å². The lowest BCUT2D eigenvalue weighted by Gasteiger charge is -2.11. The minimum Gasteiger partial charge on any atom is -0.435 e. The number of aryl methyl sites for hydroxylation is 1. The second kappa shape index (κ2) is 6.93. The smallest absolute Gasteiger partial charge is 0.309 e. The summed E-state index contributed by atoms with van der Waals surface area (Å²) in [6.45, 7) is 3.59. The van der Waals surface area contributed by atoms with E-state index < -0.39 is 10.1 Å². The SMILES string of the molecule is CCCS(=O)(=O)Oc1cc(Cl)nnc1Oc1ccccc1C. The third-order valence-electron chi connectivity index (χ3n) is 2.67. The van der Waals surface area contributed by atoms with Gasteiger partial charge in [-0.2, -0.15) is 8.42 Å². The second-order valence-corrected chi connectivity index (χ2v) is 6.63. The summed E-state index contributed by atoms with van der Waals surface area (Å²) in [5.74, 6) is 0.267. The average molecular weight is 343 g/mol. The third-order valence-corrected chi connectivity index (χ3v) is 4.19. The molecule has 0 aliphatic heterocycles. The number of nitrogens with zero attached hydrogens (tertiary/aromatic N) is 2. The van der Waals surface area contributed by atoms with E-state index in [0.717, 1.165) is 5.56 Å². The molecule has 0 fully saturated rings. The molecule has 22 heavy (non-hydrogen) atoms. The molecule has 0 radical (unpaired) electrons. The second-order valence-electron chi connectivity index (χ2n) is 4.55. The van der Waals surface area contributed by atoms with E-state index in [9.17, 15) is 8.42 Å². The Labute approximate surface area is 134 Å². The highest BCUT2D eigenvalue weighted by Gasteiger charge is 2.18. The van der Waals surface area contributed by atoms with Crippen molar-refractivity contribution < 1.29 is 17.3 Å². The molecule has 0 unspecified atom stereocenters. The number of hydrogen-bond donors (Lipinski definition) is 0. The van der Waals surface area contributed by atoms with Crippen LogP contribution in [0.3, 0.4) is 0 Å². The Morgan fingerprint density at radius 2 is 1.91 bits per heavy atom. The first-order chi connectivity index (χ1) is 10.4. The van der Waals surface area contributed by atoms with Crippen molar-refractivity contribution >= 4 is 21.7 Å². The lowest BCUT2D eigenvalue weighted by molar-refractivity contribution is 0.413. The first-order valence-electron chi connectivity index (χ1n) is 6.60. The summed E-state index contributed by atoms with van der Waals surface area (Å²) in [7, 11) is -3.73. The van der Waals surface area contributed by atoms with Gasteiger partial charge in [0.05, 0.1) is 5.75 Å². The van der Waals surface area contributed by atoms with Crippen molar-refractivity contribution in [2.45, 2.75) is 20.3 Å². The molecule has 6 nitrogen and oxygen atoms in total. The van der Waals surface area contributed by atoms with Crippen LogP contribution in [0.2, 0.25) is 5.15 Å². The zero-order valence-corrected chi connectivity index (χ0v) is 13.7. The Morgan fingerprint density at radius 1 is 1.18 bits per heavy atom. The Balaban J connectivity index is 2.34. The van der Waals surface area contributed by atoms with E-state index in [4.69, 9.17) is 20.5 Å². The molecule has 1 aromatic heterocycles. The van der Waals surface area contributed by atoms with Gasteiger partial charge in [-0.15, -0.1) is 10.2 Å². The molecule has 0 spiro atoms. The summed E-state index contributed by atoms with van der Waals surface area (Å²) in [6, 6.07) is 8.50. The number of benzene rings is 1. The first kappa shape index (κ1) is 16.5. The standard InChI is InChI=1S/C14H15ClN2O4S/c1-3-8-22(18,19)21-12-9-13(15)16-17-14(12)20-11-7-5-4-6-10(11)2/h4-7,9H,3,8H2,1-2H3. The van der Waals surface area contributed by atoms with Crippen molar-refractivity contribution in [3.05, 3.63) is 41.0 Å². The molecule has 0 atom stereocenters. The highest BCUT2D eigenvalue weighted by molar-refractivity contribution is 7.87.